The number of nitrogens with one attached hydrogen (secondary N) is 1. The number of carboxylic acid groups (broad SMARTS) is 2. The molecule has 0 fully saturated rings. The summed E-state index contributed by atoms with van der Waals surface area (Å²) in [5, 5.41) is 19.4. The van der Waals surface area contributed by atoms with Gasteiger partial charge in [-0.15, -0.1) is 0 Å². The van der Waals surface area contributed by atoms with Gasteiger partial charge in [0.1, 0.15) is 0 Å². The number of anilines is 1. The Bertz CT molecular complexity index is 832. The molecule has 3 N–H and O–H groups in total. The van der Waals surface area contributed by atoms with E-state index < -0.39 is 49.2 Å². The second-order valence-electron chi connectivity index (χ2n) is 5.06. The van der Waals surface area contributed by atoms with Crippen molar-refractivity contribution < 1.29 is 29.0 Å². The van der Waals surface area contributed by atoms with Crippen molar-refractivity contribution in [3.05, 3.63) is 59.9 Å². The fraction of sp³-hybridized carbons (Fsp3) is 0.118. The van der Waals surface area contributed by atoms with Crippen molar-refractivity contribution in [1.82, 2.24) is 0 Å². The summed E-state index contributed by atoms with van der Waals surface area (Å²) in [6, 6.07) is 12.1. The third-order valence-electron chi connectivity index (χ3n) is 3.10. The molecule has 2 aromatic carbocycles. The van der Waals surface area contributed by atoms with E-state index >= 15 is 0 Å². The molecule has 26 heavy (non-hydrogen) atoms. The zero-order valence-electron chi connectivity index (χ0n) is 13.2. The number of rotatable bonds is 8. The Morgan fingerprint density at radius 2 is 1.85 bits per heavy atom. The first-order valence-electron chi connectivity index (χ1n) is 7.30. The van der Waals surface area contributed by atoms with Gasteiger partial charge in [-0.3, -0.25) is 0 Å². The molecule has 1 unspecified atom stereocenters. The second-order valence-corrected chi connectivity index (χ2v) is 9.18. The maximum atomic E-state index is 13.2. The van der Waals surface area contributed by atoms with Crippen LogP contribution in [0, 0.1) is 5.82 Å². The van der Waals surface area contributed by atoms with Gasteiger partial charge in [0.25, 0.3) is 0 Å². The normalized spacial score (nSPS) is 11.6. The third kappa shape index (κ3) is 5.87. The predicted molar refractivity (Wildman–Crippen MR) is 97.5 cm³/mol. The van der Waals surface area contributed by atoms with Crippen LogP contribution >= 0.6 is 10.2 Å². The molecule has 0 aliphatic heterocycles. The molecule has 0 saturated carbocycles. The van der Waals surface area contributed by atoms with Gasteiger partial charge < -0.3 is 0 Å². The fourth-order valence-corrected chi connectivity index (χ4v) is 6.33. The Labute approximate surface area is 158 Å². The molecule has 0 saturated heterocycles. The molecule has 0 spiro atoms. The quantitative estimate of drug-likeness (QED) is 0.541. The molecule has 9 heteroatoms. The summed E-state index contributed by atoms with van der Waals surface area (Å²) in [5.74, 6) is -3.33. The molecule has 6 nitrogen and oxygen atoms in total. The summed E-state index contributed by atoms with van der Waals surface area (Å²) in [6.07, 6.45) is -0.501. The SMILES string of the molecule is O=C(O)CC(S[Se]c1ccccc1C(=O)Nc1cccc(F)c1)C(=O)O. The summed E-state index contributed by atoms with van der Waals surface area (Å²) >= 11 is -0.492. The summed E-state index contributed by atoms with van der Waals surface area (Å²) < 4.78 is 13.9. The van der Waals surface area contributed by atoms with Gasteiger partial charge in [0, 0.05) is 0 Å². The van der Waals surface area contributed by atoms with E-state index in [2.05, 4.69) is 5.32 Å². The van der Waals surface area contributed by atoms with Crippen molar-refractivity contribution >= 4 is 52.0 Å². The Kier molecular flexibility index (Phi) is 7.20. The number of carboxylic acids is 2. The van der Waals surface area contributed by atoms with E-state index in [9.17, 15) is 18.8 Å². The maximum absolute atomic E-state index is 13.2. The number of hydrogen-bond donors (Lipinski definition) is 3. The van der Waals surface area contributed by atoms with E-state index in [4.69, 9.17) is 10.2 Å². The first-order valence-corrected chi connectivity index (χ1v) is 11.1. The van der Waals surface area contributed by atoms with Crippen LogP contribution in [0.4, 0.5) is 10.1 Å². The standard InChI is InChI=1S/C17H14FNO5SSe/c18-10-4-3-5-11(8-10)19-16(22)12-6-1-2-7-14(12)26-25-13(17(23)24)9-15(20)21/h1-8,13H,9H2,(H,19,22)(H,20,21)(H,23,24). The van der Waals surface area contributed by atoms with E-state index in [1.165, 1.54) is 18.2 Å². The van der Waals surface area contributed by atoms with Crippen LogP contribution in [0.1, 0.15) is 16.8 Å². The number of hydrogen-bond acceptors (Lipinski definition) is 4. The molecule has 2 aromatic rings. The van der Waals surface area contributed by atoms with E-state index in [-0.39, 0.29) is 0 Å². The molecule has 136 valence electrons. The average molecular weight is 442 g/mol. The van der Waals surface area contributed by atoms with Gasteiger partial charge in [0.2, 0.25) is 0 Å². The van der Waals surface area contributed by atoms with Crippen LogP contribution in [0.2, 0.25) is 0 Å². The first-order chi connectivity index (χ1) is 12.4. The summed E-state index contributed by atoms with van der Waals surface area (Å²) in [4.78, 5) is 34.4. The Hall–Kier alpha value is -2.35. The van der Waals surface area contributed by atoms with Crippen molar-refractivity contribution in [3.8, 4) is 0 Å². The van der Waals surface area contributed by atoms with Crippen molar-refractivity contribution in [1.29, 1.82) is 0 Å². The molecule has 0 aromatic heterocycles. The van der Waals surface area contributed by atoms with Crippen LogP contribution in [-0.4, -0.2) is 47.1 Å². The van der Waals surface area contributed by atoms with Crippen LogP contribution < -0.4 is 9.78 Å². The molecule has 0 bridgehead atoms. The van der Waals surface area contributed by atoms with Crippen molar-refractivity contribution in [2.45, 2.75) is 11.7 Å². The minimum atomic E-state index is -1.21. The average Bonchev–Trinajstić information content (AvgIpc) is 2.58. The van der Waals surface area contributed by atoms with Crippen LogP contribution in [0.25, 0.3) is 0 Å². The van der Waals surface area contributed by atoms with Gasteiger partial charge in [-0.2, -0.15) is 0 Å². The zero-order chi connectivity index (χ0) is 19.1. The minimum absolute atomic E-state index is 0.305. The van der Waals surface area contributed by atoms with Gasteiger partial charge >= 0.3 is 158 Å². The van der Waals surface area contributed by atoms with E-state index in [0.29, 0.717) is 15.7 Å². The summed E-state index contributed by atoms with van der Waals surface area (Å²) in [7, 11) is 0.994. The van der Waals surface area contributed by atoms with Crippen LogP contribution in [0.5, 0.6) is 0 Å². The Morgan fingerprint density at radius 3 is 2.50 bits per heavy atom. The summed E-state index contributed by atoms with van der Waals surface area (Å²) in [6.45, 7) is 0. The number of amides is 1. The van der Waals surface area contributed by atoms with Crippen molar-refractivity contribution in [3.63, 3.8) is 0 Å². The first kappa shape index (κ1) is 20.0. The Morgan fingerprint density at radius 1 is 1.12 bits per heavy atom. The van der Waals surface area contributed by atoms with Crippen LogP contribution in [-0.2, 0) is 9.59 Å². The second kappa shape index (κ2) is 9.38. The van der Waals surface area contributed by atoms with Crippen molar-refractivity contribution in [2.24, 2.45) is 0 Å². The van der Waals surface area contributed by atoms with Gasteiger partial charge in [0.05, 0.1) is 0 Å². The molecule has 0 aliphatic rings. The number of aliphatic carboxylic acids is 2. The predicted octanol–water partition coefficient (Wildman–Crippen LogP) is 1.98. The Balaban J connectivity index is 2.12. The summed E-state index contributed by atoms with van der Waals surface area (Å²) in [5.41, 5.74) is 0.642. The molecule has 2 rings (SSSR count). The molecule has 0 aliphatic carbocycles. The molecular weight excluding hydrogens is 428 g/mol. The van der Waals surface area contributed by atoms with E-state index in [1.54, 1.807) is 30.3 Å². The van der Waals surface area contributed by atoms with Crippen LogP contribution in [0.3, 0.4) is 0 Å². The van der Waals surface area contributed by atoms with Gasteiger partial charge in [-0.1, -0.05) is 0 Å². The topological polar surface area (TPSA) is 104 Å². The fourth-order valence-electron chi connectivity index (χ4n) is 1.92. The van der Waals surface area contributed by atoms with Crippen LogP contribution in [0.15, 0.2) is 48.5 Å². The number of carbonyl (C=O) groups excluding carboxylic acids is 1. The van der Waals surface area contributed by atoms with E-state index in [1.807, 2.05) is 0 Å². The van der Waals surface area contributed by atoms with Crippen molar-refractivity contribution in [2.75, 3.05) is 5.32 Å². The van der Waals surface area contributed by atoms with E-state index in [0.717, 1.165) is 10.2 Å². The molecular formula is C17H14FNO5SSe. The number of carbonyl (C=O) groups is 3. The number of benzene rings is 2. The monoisotopic (exact) mass is 443 g/mol. The third-order valence-corrected chi connectivity index (χ3v) is 7.93. The van der Waals surface area contributed by atoms with Gasteiger partial charge in [0.15, 0.2) is 0 Å². The molecule has 1 atom stereocenters. The molecule has 1 amide bonds. The van der Waals surface area contributed by atoms with Gasteiger partial charge in [-0.05, 0) is 0 Å². The van der Waals surface area contributed by atoms with Gasteiger partial charge in [-0.25, -0.2) is 0 Å². The number of halogens is 1. The molecule has 0 radical (unpaired) electrons. The molecule has 0 heterocycles. The zero-order valence-corrected chi connectivity index (χ0v) is 15.7.